The molecule has 0 radical (unpaired) electrons. The van der Waals surface area contributed by atoms with Crippen LogP contribution in [0.25, 0.3) is 11.0 Å². The van der Waals surface area contributed by atoms with Gasteiger partial charge >= 0.3 is 5.69 Å². The van der Waals surface area contributed by atoms with Gasteiger partial charge in [-0.25, -0.2) is 4.79 Å². The van der Waals surface area contributed by atoms with Crippen molar-refractivity contribution in [2.24, 2.45) is 21.7 Å². The van der Waals surface area contributed by atoms with Crippen LogP contribution in [0.15, 0.2) is 75.7 Å². The van der Waals surface area contributed by atoms with Gasteiger partial charge in [0.05, 0.1) is 16.7 Å². The number of aromatic nitrogens is 2. The summed E-state index contributed by atoms with van der Waals surface area (Å²) in [7, 11) is 0. The Morgan fingerprint density at radius 3 is 2.10 bits per heavy atom. The molecule has 0 saturated heterocycles. The molecule has 3 aromatic carbocycles. The number of nitrogens with two attached hydrogens (primary N) is 2. The predicted octanol–water partition coefficient (Wildman–Crippen LogP) is 1.99. The first-order chi connectivity index (χ1) is 19.0. The summed E-state index contributed by atoms with van der Waals surface area (Å²) in [5, 5.41) is 12.9. The van der Waals surface area contributed by atoms with Gasteiger partial charge in [0.15, 0.2) is 5.78 Å². The molecule has 4 rings (SSSR count). The number of Topliss-reactive ketones (excluding diaryl/α,β-unsaturated/α-hetero) is 1. The van der Waals surface area contributed by atoms with Crippen molar-refractivity contribution in [3.63, 3.8) is 0 Å². The lowest BCUT2D eigenvalue weighted by molar-refractivity contribution is -0.126. The van der Waals surface area contributed by atoms with Crippen molar-refractivity contribution in [1.29, 1.82) is 0 Å². The second kappa shape index (κ2) is 11.2. The highest BCUT2D eigenvalue weighted by molar-refractivity contribution is 6.10. The van der Waals surface area contributed by atoms with E-state index in [2.05, 4.69) is 30.8 Å². The summed E-state index contributed by atoms with van der Waals surface area (Å²) in [5.74, 6) is -3.57. The maximum atomic E-state index is 12.8. The number of carbonyl (C=O) groups excluding carboxylic acids is 5. The zero-order valence-corrected chi connectivity index (χ0v) is 20.8. The van der Waals surface area contributed by atoms with Crippen molar-refractivity contribution in [1.82, 2.24) is 9.97 Å². The lowest BCUT2D eigenvalue weighted by Gasteiger charge is -2.10. The first kappa shape index (κ1) is 27.1. The molecule has 0 spiro atoms. The van der Waals surface area contributed by atoms with Crippen molar-refractivity contribution in [3.05, 3.63) is 87.8 Å². The average Bonchev–Trinajstić information content (AvgIpc) is 3.27. The number of nitrogens with one attached hydrogen (secondary N) is 4. The number of primary amides is 2. The maximum absolute atomic E-state index is 12.8. The monoisotopic (exact) mass is 542 g/mol. The summed E-state index contributed by atoms with van der Waals surface area (Å²) in [4.78, 5) is 77.5. The Bertz CT molecular complexity index is 1740. The van der Waals surface area contributed by atoms with Crippen LogP contribution in [0.5, 0.6) is 0 Å². The van der Waals surface area contributed by atoms with E-state index in [1.165, 1.54) is 55.5 Å². The van der Waals surface area contributed by atoms with Crippen LogP contribution in [0.3, 0.4) is 0 Å². The highest BCUT2D eigenvalue weighted by atomic mass is 16.2. The van der Waals surface area contributed by atoms with Gasteiger partial charge in [-0.1, -0.05) is 6.07 Å². The molecule has 1 atom stereocenters. The van der Waals surface area contributed by atoms with Crippen LogP contribution in [0, 0.1) is 0 Å². The molecule has 0 fully saturated rings. The molecule has 4 amide bonds. The molecule has 14 heteroatoms. The number of imidazole rings is 1. The Labute approximate surface area is 224 Å². The number of carbonyl (C=O) groups is 5. The third-order valence-corrected chi connectivity index (χ3v) is 5.57. The number of ketones is 1. The first-order valence-electron chi connectivity index (χ1n) is 11.6. The van der Waals surface area contributed by atoms with E-state index in [0.29, 0.717) is 16.7 Å². The third kappa shape index (κ3) is 6.31. The molecule has 0 bridgehead atoms. The van der Waals surface area contributed by atoms with E-state index >= 15 is 0 Å². The molecular weight excluding hydrogens is 520 g/mol. The van der Waals surface area contributed by atoms with Crippen LogP contribution in [0.1, 0.15) is 38.0 Å². The molecule has 1 aromatic heterocycles. The van der Waals surface area contributed by atoms with Gasteiger partial charge < -0.3 is 32.1 Å². The number of H-pyrrole nitrogens is 2. The van der Waals surface area contributed by atoms with Crippen LogP contribution < -0.4 is 27.8 Å². The third-order valence-electron chi connectivity index (χ3n) is 5.57. The van der Waals surface area contributed by atoms with Crippen LogP contribution >= 0.6 is 0 Å². The molecule has 1 heterocycles. The smallest absolute Gasteiger partial charge is 0.323 e. The van der Waals surface area contributed by atoms with Crippen LogP contribution in [0.2, 0.25) is 0 Å². The van der Waals surface area contributed by atoms with Crippen molar-refractivity contribution in [2.45, 2.75) is 13.0 Å². The lowest BCUT2D eigenvalue weighted by Crippen LogP contribution is -2.31. The Hall–Kier alpha value is -5.92. The minimum absolute atomic E-state index is 0.0241. The van der Waals surface area contributed by atoms with Gasteiger partial charge in [0.1, 0.15) is 0 Å². The van der Waals surface area contributed by atoms with Crippen LogP contribution in [-0.4, -0.2) is 45.4 Å². The van der Waals surface area contributed by atoms with E-state index in [4.69, 9.17) is 11.5 Å². The lowest BCUT2D eigenvalue weighted by atomic mass is 10.1. The number of benzene rings is 3. The molecule has 202 valence electrons. The Kier molecular flexibility index (Phi) is 7.61. The van der Waals surface area contributed by atoms with E-state index in [0.717, 1.165) is 0 Å². The molecule has 0 saturated carbocycles. The second-order valence-electron chi connectivity index (χ2n) is 8.59. The fraction of sp³-hybridized carbons (Fsp3) is 0.0769. The number of azo groups is 1. The van der Waals surface area contributed by atoms with Gasteiger partial charge in [-0.3, -0.25) is 24.0 Å². The standard InChI is InChI=1S/C26H22N8O6/c1-12(35)21(25(39)29-16-5-6-19-20(11-16)32-26(40)31-19)34-33-17-4-2-3-13(8-17)24(38)30-18-9-14(22(27)36)7-15(10-18)23(28)37/h2-11,21H,1H3,(H2,27,36)(H2,28,37)(H,29,39)(H,30,38)(H2,31,32,40). The molecular formula is C26H22N8O6. The molecule has 4 aromatic rings. The number of rotatable bonds is 9. The zero-order valence-electron chi connectivity index (χ0n) is 20.8. The van der Waals surface area contributed by atoms with Gasteiger partial charge in [-0.05, 0) is 61.5 Å². The van der Waals surface area contributed by atoms with E-state index in [1.807, 2.05) is 0 Å². The quantitative estimate of drug-likeness (QED) is 0.136. The number of aromatic amines is 2. The highest BCUT2D eigenvalue weighted by Gasteiger charge is 2.23. The van der Waals surface area contributed by atoms with Crippen molar-refractivity contribution in [3.8, 4) is 0 Å². The minimum Gasteiger partial charge on any atom is -0.366 e. The van der Waals surface area contributed by atoms with Gasteiger partial charge in [0.25, 0.3) is 11.8 Å². The van der Waals surface area contributed by atoms with Crippen LogP contribution in [0.4, 0.5) is 17.1 Å². The number of anilines is 2. The number of amides is 4. The predicted molar refractivity (Wildman–Crippen MR) is 144 cm³/mol. The molecule has 1 unspecified atom stereocenters. The molecule has 14 nitrogen and oxygen atoms in total. The second-order valence-corrected chi connectivity index (χ2v) is 8.59. The fourth-order valence-electron chi connectivity index (χ4n) is 3.66. The number of hydrogen-bond acceptors (Lipinski definition) is 8. The average molecular weight is 543 g/mol. The van der Waals surface area contributed by atoms with Gasteiger partial charge in [0, 0.05) is 28.1 Å². The maximum Gasteiger partial charge on any atom is 0.323 e. The number of hydrogen-bond donors (Lipinski definition) is 6. The van der Waals surface area contributed by atoms with Gasteiger partial charge in [0.2, 0.25) is 17.9 Å². The molecule has 8 N–H and O–H groups in total. The summed E-state index contributed by atoms with van der Waals surface area (Å²) in [6, 6.07) is 12.8. The van der Waals surface area contributed by atoms with E-state index in [9.17, 15) is 28.8 Å². The van der Waals surface area contributed by atoms with E-state index in [1.54, 1.807) is 12.1 Å². The summed E-state index contributed by atoms with van der Waals surface area (Å²) in [5.41, 5.74) is 11.9. The minimum atomic E-state index is -1.48. The Morgan fingerprint density at radius 2 is 1.45 bits per heavy atom. The normalized spacial score (nSPS) is 11.7. The van der Waals surface area contributed by atoms with Gasteiger partial charge in [-0.15, -0.1) is 0 Å². The van der Waals surface area contributed by atoms with Crippen molar-refractivity contribution in [2.75, 3.05) is 10.6 Å². The molecule has 40 heavy (non-hydrogen) atoms. The van der Waals surface area contributed by atoms with E-state index in [-0.39, 0.29) is 28.1 Å². The Morgan fingerprint density at radius 1 is 0.775 bits per heavy atom. The molecule has 0 aliphatic rings. The number of nitrogens with zero attached hydrogens (tertiary/aromatic N) is 2. The number of fused-ring (bicyclic) bond motifs is 1. The topological polar surface area (TPSA) is 235 Å². The summed E-state index contributed by atoms with van der Waals surface area (Å²) in [6.07, 6.45) is 0. The fourth-order valence-corrected chi connectivity index (χ4v) is 3.66. The summed E-state index contributed by atoms with van der Waals surface area (Å²) < 4.78 is 0. The van der Waals surface area contributed by atoms with E-state index < -0.39 is 41.1 Å². The van der Waals surface area contributed by atoms with Crippen molar-refractivity contribution >= 4 is 57.5 Å². The molecule has 0 aliphatic carbocycles. The molecule has 0 aliphatic heterocycles. The summed E-state index contributed by atoms with van der Waals surface area (Å²) in [6.45, 7) is 1.18. The highest BCUT2D eigenvalue weighted by Crippen LogP contribution is 2.20. The van der Waals surface area contributed by atoms with Crippen LogP contribution in [-0.2, 0) is 9.59 Å². The largest absolute Gasteiger partial charge is 0.366 e. The zero-order chi connectivity index (χ0) is 29.0. The van der Waals surface area contributed by atoms with Gasteiger partial charge in [-0.2, -0.15) is 10.2 Å². The first-order valence-corrected chi connectivity index (χ1v) is 11.6. The SMILES string of the molecule is CC(=O)C(N=Nc1cccc(C(=O)Nc2cc(C(N)=O)cc(C(N)=O)c2)c1)C(=O)Nc1ccc2[nH]c(=O)[nH]c2c1. The Balaban J connectivity index is 1.50. The van der Waals surface area contributed by atoms with Crippen molar-refractivity contribution < 1.29 is 24.0 Å². The summed E-state index contributed by atoms with van der Waals surface area (Å²) >= 11 is 0.